The zero-order chi connectivity index (χ0) is 25.6. The fourth-order valence-electron chi connectivity index (χ4n) is 3.30. The summed E-state index contributed by atoms with van der Waals surface area (Å²) < 4.78 is 1.94. The first kappa shape index (κ1) is 26.9. The van der Waals surface area contributed by atoms with Gasteiger partial charge in [-0.15, -0.1) is 0 Å². The molecule has 0 radical (unpaired) electrons. The lowest BCUT2D eigenvalue weighted by molar-refractivity contribution is -0.671. The van der Waals surface area contributed by atoms with E-state index in [0.717, 1.165) is 16.7 Å². The molecule has 0 atom stereocenters. The first-order valence-electron chi connectivity index (χ1n) is 11.4. The van der Waals surface area contributed by atoms with Gasteiger partial charge < -0.3 is 10.2 Å². The average molecular weight is 465 g/mol. The molecule has 2 N–H and O–H groups in total. The molecule has 0 bridgehead atoms. The average Bonchev–Trinajstić information content (AvgIpc) is 2.84. The lowest BCUT2D eigenvalue weighted by Gasteiger charge is -2.11. The molecule has 0 unspecified atom stereocenters. The van der Waals surface area contributed by atoms with Crippen LogP contribution in [0, 0.1) is 0 Å². The van der Waals surface area contributed by atoms with Crippen molar-refractivity contribution in [2.24, 2.45) is 7.05 Å². The molecule has 178 valence electrons. The molecule has 1 heterocycles. The number of phenolic OH excluding ortho intramolecular Hbond substituents is 2. The Morgan fingerprint density at radius 3 is 1.66 bits per heavy atom. The summed E-state index contributed by atoms with van der Waals surface area (Å²) in [7, 11) is 1.95. The molecule has 2 rings (SSSR count). The zero-order valence-electron chi connectivity index (χ0n) is 20.7. The van der Waals surface area contributed by atoms with Crippen LogP contribution in [0.4, 0.5) is 0 Å². The Hall–Kier alpha value is -4.37. The normalized spacial score (nSPS) is 13.2. The smallest absolute Gasteiger partial charge is 0.169 e. The lowest BCUT2D eigenvalue weighted by atomic mass is 9.99. The van der Waals surface area contributed by atoms with Gasteiger partial charge in [-0.1, -0.05) is 92.1 Å². The molecule has 0 amide bonds. The zero-order valence-corrected chi connectivity index (χ0v) is 20.7. The second-order valence-electron chi connectivity index (χ2n) is 7.77. The molecule has 0 saturated carbocycles. The number of benzene rings is 1. The van der Waals surface area contributed by atoms with Crippen LogP contribution < -0.4 is 4.57 Å². The number of phenols is 2. The van der Waals surface area contributed by atoms with E-state index in [1.165, 1.54) is 0 Å². The Morgan fingerprint density at radius 2 is 1.23 bits per heavy atom. The van der Waals surface area contributed by atoms with Crippen LogP contribution in [-0.4, -0.2) is 10.2 Å². The minimum Gasteiger partial charge on any atom is -0.507 e. The van der Waals surface area contributed by atoms with E-state index in [-0.39, 0.29) is 11.5 Å². The summed E-state index contributed by atoms with van der Waals surface area (Å²) in [6.07, 6.45) is 29.9. The van der Waals surface area contributed by atoms with Gasteiger partial charge in [0.15, 0.2) is 12.4 Å². The van der Waals surface area contributed by atoms with Crippen LogP contribution >= 0.6 is 0 Å². The molecule has 0 saturated heterocycles. The Morgan fingerprint density at radius 1 is 0.743 bits per heavy atom. The maximum Gasteiger partial charge on any atom is 0.169 e. The van der Waals surface area contributed by atoms with Gasteiger partial charge in [-0.2, -0.15) is 0 Å². The first-order valence-corrected chi connectivity index (χ1v) is 11.4. The number of allylic oxidation sites excluding steroid dienone is 12. The molecule has 0 aliphatic rings. The van der Waals surface area contributed by atoms with Gasteiger partial charge in [0.25, 0.3) is 0 Å². The third-order valence-corrected chi connectivity index (χ3v) is 5.06. The van der Waals surface area contributed by atoms with Crippen molar-refractivity contribution in [3.8, 4) is 11.5 Å². The van der Waals surface area contributed by atoms with Gasteiger partial charge in [-0.3, -0.25) is 0 Å². The molecule has 0 aliphatic carbocycles. The molecule has 1 aromatic heterocycles. The van der Waals surface area contributed by atoms with Crippen LogP contribution in [-0.2, 0) is 7.05 Å². The number of aromatic nitrogens is 1. The van der Waals surface area contributed by atoms with Crippen molar-refractivity contribution in [3.05, 3.63) is 138 Å². The molecule has 0 aliphatic heterocycles. The Bertz CT molecular complexity index is 1180. The SMILES string of the molecule is C=C/C=C(\C=C/C)/C=C/c1cc(/C=C/C(/C=C\C)=C/C=C)c(O)c(/C=C/c2cc[n+](C)cc2)c1O. The van der Waals surface area contributed by atoms with Gasteiger partial charge >= 0.3 is 0 Å². The van der Waals surface area contributed by atoms with Crippen molar-refractivity contribution < 1.29 is 14.8 Å². The maximum atomic E-state index is 11.1. The van der Waals surface area contributed by atoms with Gasteiger partial charge in [0, 0.05) is 23.3 Å². The van der Waals surface area contributed by atoms with Crippen LogP contribution in [0.1, 0.15) is 36.1 Å². The third kappa shape index (κ3) is 8.17. The van der Waals surface area contributed by atoms with E-state index in [4.69, 9.17) is 0 Å². The van der Waals surface area contributed by atoms with E-state index in [0.29, 0.717) is 16.7 Å². The van der Waals surface area contributed by atoms with E-state index >= 15 is 0 Å². The monoisotopic (exact) mass is 464 g/mol. The molecule has 0 spiro atoms. The predicted octanol–water partition coefficient (Wildman–Crippen LogP) is 7.50. The largest absolute Gasteiger partial charge is 0.507 e. The highest BCUT2D eigenvalue weighted by Crippen LogP contribution is 2.37. The van der Waals surface area contributed by atoms with Crippen LogP contribution in [0.25, 0.3) is 24.3 Å². The molecule has 35 heavy (non-hydrogen) atoms. The molecule has 3 heteroatoms. The van der Waals surface area contributed by atoms with Crippen LogP contribution in [0.15, 0.2) is 116 Å². The highest BCUT2D eigenvalue weighted by atomic mass is 16.3. The van der Waals surface area contributed by atoms with Crippen molar-refractivity contribution in [1.29, 1.82) is 0 Å². The number of hydrogen-bond donors (Lipinski definition) is 2. The van der Waals surface area contributed by atoms with E-state index in [2.05, 4.69) is 13.2 Å². The van der Waals surface area contributed by atoms with Gasteiger partial charge in [-0.05, 0) is 42.7 Å². The highest BCUT2D eigenvalue weighted by Gasteiger charge is 2.13. The fourth-order valence-corrected chi connectivity index (χ4v) is 3.30. The first-order chi connectivity index (χ1) is 16.9. The second kappa shape index (κ2) is 14.0. The van der Waals surface area contributed by atoms with Gasteiger partial charge in [0.1, 0.15) is 18.5 Å². The highest BCUT2D eigenvalue weighted by molar-refractivity contribution is 5.83. The van der Waals surface area contributed by atoms with Crippen LogP contribution in [0.3, 0.4) is 0 Å². The standard InChI is InChI=1S/C32H33NO2/c1-6-10-25(11-7-2)14-17-28-24-29(18-15-26(12-8-3)13-9-4)32(35)30(31(28)34)19-16-27-20-22-33(5)23-21-27/h6-24H,1,3H2,2,4-5H3,(H,34,35)/p+1/b11-7-,13-9-,17-14+,18-15+,25-10+,26-12+. The summed E-state index contributed by atoms with van der Waals surface area (Å²) in [5, 5.41) is 22.1. The fraction of sp³-hybridized carbons (Fsp3) is 0.0938. The van der Waals surface area contributed by atoms with Crippen molar-refractivity contribution in [1.82, 2.24) is 0 Å². The minimum atomic E-state index is 0.00220. The van der Waals surface area contributed by atoms with Crippen molar-refractivity contribution >= 4 is 24.3 Å². The molecule has 0 fully saturated rings. The number of hydrogen-bond acceptors (Lipinski definition) is 2. The van der Waals surface area contributed by atoms with E-state index in [9.17, 15) is 10.2 Å². The molecular weight excluding hydrogens is 430 g/mol. The summed E-state index contributed by atoms with van der Waals surface area (Å²) in [5.74, 6) is 0.00441. The van der Waals surface area contributed by atoms with Crippen LogP contribution in [0.2, 0.25) is 0 Å². The molecule has 3 nitrogen and oxygen atoms in total. The maximum absolute atomic E-state index is 11.1. The molecular formula is C32H34NO2+. The van der Waals surface area contributed by atoms with E-state index in [1.807, 2.05) is 117 Å². The lowest BCUT2D eigenvalue weighted by Crippen LogP contribution is -2.25. The molecule has 2 aromatic rings. The minimum absolute atomic E-state index is 0.00220. The number of nitrogens with zero attached hydrogens (tertiary/aromatic N) is 1. The Balaban J connectivity index is 2.65. The van der Waals surface area contributed by atoms with Crippen molar-refractivity contribution in [2.75, 3.05) is 0 Å². The van der Waals surface area contributed by atoms with Crippen LogP contribution in [0.5, 0.6) is 11.5 Å². The van der Waals surface area contributed by atoms with Crippen molar-refractivity contribution in [2.45, 2.75) is 13.8 Å². The van der Waals surface area contributed by atoms with E-state index < -0.39 is 0 Å². The quantitative estimate of drug-likeness (QED) is 0.282. The summed E-state index contributed by atoms with van der Waals surface area (Å²) in [6.45, 7) is 11.4. The summed E-state index contributed by atoms with van der Waals surface area (Å²) in [4.78, 5) is 0. The van der Waals surface area contributed by atoms with Gasteiger partial charge in [0.05, 0.1) is 5.56 Å². The number of aromatic hydroxyl groups is 2. The van der Waals surface area contributed by atoms with E-state index in [1.54, 1.807) is 24.3 Å². The number of aryl methyl sites for hydroxylation is 1. The number of rotatable bonds is 10. The van der Waals surface area contributed by atoms with Gasteiger partial charge in [-0.25, -0.2) is 4.57 Å². The summed E-state index contributed by atoms with van der Waals surface area (Å²) in [5.41, 5.74) is 4.34. The number of pyridine rings is 1. The molecule has 1 aromatic carbocycles. The van der Waals surface area contributed by atoms with Gasteiger partial charge in [0.2, 0.25) is 0 Å². The second-order valence-corrected chi connectivity index (χ2v) is 7.77. The predicted molar refractivity (Wildman–Crippen MR) is 151 cm³/mol. The topological polar surface area (TPSA) is 44.3 Å². The summed E-state index contributed by atoms with van der Waals surface area (Å²) in [6, 6.07) is 5.68. The Kier molecular flexibility index (Phi) is 10.8. The van der Waals surface area contributed by atoms with Crippen molar-refractivity contribution in [3.63, 3.8) is 0 Å². The summed E-state index contributed by atoms with van der Waals surface area (Å²) >= 11 is 0. The third-order valence-electron chi connectivity index (χ3n) is 5.06. The Labute approximate surface area is 209 Å².